The Morgan fingerprint density at radius 2 is 1.80 bits per heavy atom. The van der Waals surface area contributed by atoms with Crippen molar-refractivity contribution in [3.8, 4) is 0 Å². The van der Waals surface area contributed by atoms with Gasteiger partial charge >= 0.3 is 0 Å². The molecule has 4 nitrogen and oxygen atoms in total. The van der Waals surface area contributed by atoms with Crippen molar-refractivity contribution in [1.29, 1.82) is 0 Å². The summed E-state index contributed by atoms with van der Waals surface area (Å²) in [7, 11) is -3.35. The van der Waals surface area contributed by atoms with Crippen LogP contribution in [0, 0.1) is 5.41 Å². The molecular formula is C15H25NO3S. The summed E-state index contributed by atoms with van der Waals surface area (Å²) in [6, 6.07) is 9.30. The van der Waals surface area contributed by atoms with Crippen molar-refractivity contribution in [2.75, 3.05) is 12.4 Å². The van der Waals surface area contributed by atoms with Gasteiger partial charge in [-0.15, -0.1) is 0 Å². The molecule has 114 valence electrons. The van der Waals surface area contributed by atoms with Gasteiger partial charge in [0.2, 0.25) is 10.0 Å². The number of hydrogen-bond donors (Lipinski definition) is 2. The lowest BCUT2D eigenvalue weighted by atomic mass is 9.86. The monoisotopic (exact) mass is 299 g/mol. The molecule has 0 heterocycles. The first kappa shape index (κ1) is 17.1. The van der Waals surface area contributed by atoms with E-state index in [-0.39, 0.29) is 23.8 Å². The van der Waals surface area contributed by atoms with Crippen molar-refractivity contribution in [2.45, 2.75) is 39.7 Å². The van der Waals surface area contributed by atoms with E-state index in [0.29, 0.717) is 12.8 Å². The fourth-order valence-corrected chi connectivity index (χ4v) is 3.50. The van der Waals surface area contributed by atoms with Crippen molar-refractivity contribution >= 4 is 10.0 Å². The molecule has 0 aromatic heterocycles. The maximum atomic E-state index is 12.1. The smallest absolute Gasteiger partial charge is 0.212 e. The molecule has 0 bridgehead atoms. The number of nitrogens with one attached hydrogen (secondary N) is 1. The summed E-state index contributed by atoms with van der Waals surface area (Å²) >= 11 is 0. The van der Waals surface area contributed by atoms with Crippen LogP contribution in [-0.2, 0) is 16.4 Å². The molecule has 0 aliphatic carbocycles. The number of aryl methyl sites for hydroxylation is 1. The average molecular weight is 299 g/mol. The van der Waals surface area contributed by atoms with E-state index in [9.17, 15) is 8.42 Å². The summed E-state index contributed by atoms with van der Waals surface area (Å²) in [4.78, 5) is 0. The van der Waals surface area contributed by atoms with Crippen molar-refractivity contribution in [3.05, 3.63) is 35.9 Å². The summed E-state index contributed by atoms with van der Waals surface area (Å²) in [6.07, 6.45) is 0.917. The molecule has 0 fully saturated rings. The fraction of sp³-hybridized carbons (Fsp3) is 0.600. The molecule has 0 aliphatic heterocycles. The highest BCUT2D eigenvalue weighted by Gasteiger charge is 2.28. The Morgan fingerprint density at radius 1 is 1.20 bits per heavy atom. The van der Waals surface area contributed by atoms with E-state index < -0.39 is 10.0 Å². The quantitative estimate of drug-likeness (QED) is 0.808. The Morgan fingerprint density at radius 3 is 2.30 bits per heavy atom. The van der Waals surface area contributed by atoms with Gasteiger partial charge in [-0.25, -0.2) is 13.1 Å². The second-order valence-electron chi connectivity index (χ2n) is 6.10. The van der Waals surface area contributed by atoms with Crippen LogP contribution in [0.25, 0.3) is 0 Å². The minimum atomic E-state index is -3.35. The lowest BCUT2D eigenvalue weighted by Crippen LogP contribution is -2.45. The van der Waals surface area contributed by atoms with Gasteiger partial charge in [-0.1, -0.05) is 51.1 Å². The van der Waals surface area contributed by atoms with Crippen molar-refractivity contribution < 1.29 is 13.5 Å². The summed E-state index contributed by atoms with van der Waals surface area (Å²) in [5.41, 5.74) is 0.787. The molecule has 0 saturated heterocycles. The number of benzene rings is 1. The van der Waals surface area contributed by atoms with Crippen LogP contribution in [0.15, 0.2) is 30.3 Å². The van der Waals surface area contributed by atoms with Gasteiger partial charge in [0.15, 0.2) is 0 Å². The third kappa shape index (κ3) is 6.03. The fourth-order valence-electron chi connectivity index (χ4n) is 1.97. The van der Waals surface area contributed by atoms with Crippen molar-refractivity contribution in [3.63, 3.8) is 0 Å². The van der Waals surface area contributed by atoms with Gasteiger partial charge in [0.1, 0.15) is 0 Å². The number of sulfonamides is 1. The van der Waals surface area contributed by atoms with Gasteiger partial charge in [-0.05, 0) is 23.8 Å². The van der Waals surface area contributed by atoms with Gasteiger partial charge in [-0.2, -0.15) is 0 Å². The third-order valence-electron chi connectivity index (χ3n) is 3.29. The molecule has 1 aromatic carbocycles. The zero-order chi connectivity index (χ0) is 15.2. The van der Waals surface area contributed by atoms with Crippen LogP contribution in [-0.4, -0.2) is 31.9 Å². The molecule has 0 aliphatic rings. The Labute approximate surface area is 122 Å². The molecule has 20 heavy (non-hydrogen) atoms. The second-order valence-corrected chi connectivity index (χ2v) is 7.98. The van der Waals surface area contributed by atoms with E-state index in [0.717, 1.165) is 5.56 Å². The molecule has 0 amide bonds. The first-order chi connectivity index (χ1) is 9.24. The number of rotatable bonds is 7. The van der Waals surface area contributed by atoms with Gasteiger partial charge in [0.25, 0.3) is 0 Å². The highest BCUT2D eigenvalue weighted by molar-refractivity contribution is 7.89. The molecule has 2 N–H and O–H groups in total. The predicted molar refractivity (Wildman–Crippen MR) is 82.0 cm³/mol. The van der Waals surface area contributed by atoms with Gasteiger partial charge in [0, 0.05) is 12.6 Å². The van der Waals surface area contributed by atoms with Crippen LogP contribution in [0.3, 0.4) is 0 Å². The van der Waals surface area contributed by atoms with Crippen molar-refractivity contribution in [2.24, 2.45) is 5.41 Å². The molecular weight excluding hydrogens is 274 g/mol. The SMILES string of the molecule is CC(C)(C)C(CCO)NS(=O)(=O)CCc1ccccc1. The van der Waals surface area contributed by atoms with Crippen LogP contribution >= 0.6 is 0 Å². The van der Waals surface area contributed by atoms with Gasteiger partial charge < -0.3 is 5.11 Å². The molecule has 0 radical (unpaired) electrons. The van der Waals surface area contributed by atoms with Crippen LogP contribution < -0.4 is 4.72 Å². The highest BCUT2D eigenvalue weighted by atomic mass is 32.2. The van der Waals surface area contributed by atoms with Gasteiger partial charge in [0.05, 0.1) is 5.75 Å². The predicted octanol–water partition coefficient (Wildman–Crippen LogP) is 1.95. The normalized spacial score (nSPS) is 14.2. The van der Waals surface area contributed by atoms with Crippen LogP contribution in [0.1, 0.15) is 32.8 Å². The lowest BCUT2D eigenvalue weighted by molar-refractivity contribution is 0.214. The minimum absolute atomic E-state index is 0.0247. The molecule has 1 unspecified atom stereocenters. The van der Waals surface area contributed by atoms with Crippen LogP contribution in [0.4, 0.5) is 0 Å². The largest absolute Gasteiger partial charge is 0.396 e. The maximum absolute atomic E-state index is 12.1. The van der Waals surface area contributed by atoms with E-state index >= 15 is 0 Å². The van der Waals surface area contributed by atoms with Crippen LogP contribution in [0.2, 0.25) is 0 Å². The third-order valence-corrected chi connectivity index (χ3v) is 4.67. The minimum Gasteiger partial charge on any atom is -0.396 e. The topological polar surface area (TPSA) is 66.4 Å². The molecule has 0 spiro atoms. The summed E-state index contributed by atoms with van der Waals surface area (Å²) < 4.78 is 27.0. The lowest BCUT2D eigenvalue weighted by Gasteiger charge is -2.30. The Hall–Kier alpha value is -0.910. The summed E-state index contributed by atoms with van der Waals surface area (Å²) in [6.45, 7) is 5.87. The van der Waals surface area contributed by atoms with E-state index in [1.54, 1.807) is 0 Å². The first-order valence-corrected chi connectivity index (χ1v) is 8.54. The maximum Gasteiger partial charge on any atom is 0.212 e. The van der Waals surface area contributed by atoms with Crippen LogP contribution in [0.5, 0.6) is 0 Å². The van der Waals surface area contributed by atoms with E-state index in [1.807, 2.05) is 51.1 Å². The second kappa shape index (κ2) is 7.20. The molecule has 1 aromatic rings. The Bertz CT molecular complexity index is 492. The molecule has 1 atom stereocenters. The van der Waals surface area contributed by atoms with Crippen molar-refractivity contribution in [1.82, 2.24) is 4.72 Å². The number of aliphatic hydroxyl groups excluding tert-OH is 1. The molecule has 5 heteroatoms. The van der Waals surface area contributed by atoms with E-state index in [4.69, 9.17) is 5.11 Å². The van der Waals surface area contributed by atoms with Gasteiger partial charge in [-0.3, -0.25) is 0 Å². The number of hydrogen-bond acceptors (Lipinski definition) is 3. The highest BCUT2D eigenvalue weighted by Crippen LogP contribution is 2.22. The zero-order valence-corrected chi connectivity index (χ0v) is 13.3. The first-order valence-electron chi connectivity index (χ1n) is 6.89. The summed E-state index contributed by atoms with van der Waals surface area (Å²) in [5, 5.41) is 9.07. The standard InChI is InChI=1S/C15H25NO3S/c1-15(2,3)14(9-11-17)16-20(18,19)12-10-13-7-5-4-6-8-13/h4-8,14,16-17H,9-12H2,1-3H3. The Balaban J connectivity index is 2.64. The summed E-state index contributed by atoms with van der Waals surface area (Å²) in [5.74, 6) is 0.0645. The zero-order valence-electron chi connectivity index (χ0n) is 12.5. The molecule has 0 saturated carbocycles. The van der Waals surface area contributed by atoms with E-state index in [1.165, 1.54) is 0 Å². The average Bonchev–Trinajstić information content (AvgIpc) is 2.36. The van der Waals surface area contributed by atoms with E-state index in [2.05, 4.69) is 4.72 Å². The Kier molecular flexibility index (Phi) is 6.17. The molecule has 1 rings (SSSR count). The number of aliphatic hydroxyl groups is 1.